The van der Waals surface area contributed by atoms with Crippen LogP contribution in [0.1, 0.15) is 40.0 Å². The highest BCUT2D eigenvalue weighted by molar-refractivity contribution is 5.82. The lowest BCUT2D eigenvalue weighted by Gasteiger charge is -2.19. The molecule has 0 aromatic heterocycles. The molecule has 2 N–H and O–H groups in total. The molecule has 1 aliphatic carbocycles. The Kier molecular flexibility index (Phi) is 2.75. The highest BCUT2D eigenvalue weighted by Crippen LogP contribution is 2.40. The van der Waals surface area contributed by atoms with Gasteiger partial charge in [-0.15, -0.1) is 0 Å². The van der Waals surface area contributed by atoms with E-state index in [4.69, 9.17) is 0 Å². The van der Waals surface area contributed by atoms with Crippen LogP contribution in [-0.4, -0.2) is 24.5 Å². The van der Waals surface area contributed by atoms with Gasteiger partial charge in [0.05, 0.1) is 6.04 Å². The van der Waals surface area contributed by atoms with Gasteiger partial charge in [0.25, 0.3) is 0 Å². The molecule has 0 bridgehead atoms. The van der Waals surface area contributed by atoms with E-state index < -0.39 is 0 Å². The zero-order valence-electron chi connectivity index (χ0n) is 9.97. The minimum atomic E-state index is 0.0914. The molecule has 1 saturated heterocycles. The lowest BCUT2D eigenvalue weighted by atomic mass is 9.92. The summed E-state index contributed by atoms with van der Waals surface area (Å²) in [5, 5.41) is 6.38. The molecule has 2 aliphatic rings. The molecular formula is C12H22N2O. The smallest absolute Gasteiger partial charge is 0.237 e. The highest BCUT2D eigenvalue weighted by atomic mass is 16.2. The summed E-state index contributed by atoms with van der Waals surface area (Å²) in [6.07, 6.45) is 3.37. The number of hydrogen-bond acceptors (Lipinski definition) is 2. The third kappa shape index (κ3) is 2.94. The summed E-state index contributed by atoms with van der Waals surface area (Å²) < 4.78 is 0. The first-order valence-electron chi connectivity index (χ1n) is 5.99. The Labute approximate surface area is 92.0 Å². The van der Waals surface area contributed by atoms with Gasteiger partial charge < -0.3 is 10.6 Å². The van der Waals surface area contributed by atoms with Crippen molar-refractivity contribution in [3.8, 4) is 0 Å². The number of carbonyl (C=O) groups excluding carboxylic acids is 1. The van der Waals surface area contributed by atoms with Crippen LogP contribution in [0.2, 0.25) is 0 Å². The summed E-state index contributed by atoms with van der Waals surface area (Å²) in [7, 11) is 0. The molecule has 3 unspecified atom stereocenters. The molecule has 3 nitrogen and oxygen atoms in total. The van der Waals surface area contributed by atoms with Crippen molar-refractivity contribution in [3.05, 3.63) is 0 Å². The molecule has 2 fully saturated rings. The zero-order chi connectivity index (χ0) is 11.1. The molecule has 1 heterocycles. The van der Waals surface area contributed by atoms with Gasteiger partial charge in [-0.05, 0) is 30.6 Å². The molecule has 3 heteroatoms. The molecule has 3 atom stereocenters. The van der Waals surface area contributed by atoms with Crippen molar-refractivity contribution in [2.75, 3.05) is 6.54 Å². The normalized spacial score (nSPS) is 33.7. The van der Waals surface area contributed by atoms with Gasteiger partial charge >= 0.3 is 0 Å². The van der Waals surface area contributed by atoms with Crippen LogP contribution in [0.5, 0.6) is 0 Å². The Morgan fingerprint density at radius 3 is 2.67 bits per heavy atom. The molecule has 86 valence electrons. The average molecular weight is 210 g/mol. The van der Waals surface area contributed by atoms with Gasteiger partial charge in [-0.1, -0.05) is 20.8 Å². The molecule has 0 aromatic rings. The van der Waals surface area contributed by atoms with E-state index in [0.717, 1.165) is 25.3 Å². The van der Waals surface area contributed by atoms with Gasteiger partial charge in [0, 0.05) is 12.6 Å². The molecule has 2 rings (SSSR count). The first-order chi connectivity index (χ1) is 6.96. The fraction of sp³-hybridized carbons (Fsp3) is 0.917. The van der Waals surface area contributed by atoms with Crippen LogP contribution in [0.3, 0.4) is 0 Å². The van der Waals surface area contributed by atoms with E-state index in [1.165, 1.54) is 6.42 Å². The quantitative estimate of drug-likeness (QED) is 0.737. The fourth-order valence-corrected chi connectivity index (χ4v) is 2.21. The predicted octanol–water partition coefficient (Wildman–Crippen LogP) is 1.29. The van der Waals surface area contributed by atoms with Crippen molar-refractivity contribution in [1.82, 2.24) is 10.6 Å². The molecule has 1 amide bonds. The van der Waals surface area contributed by atoms with Gasteiger partial charge in [0.2, 0.25) is 5.91 Å². The maximum Gasteiger partial charge on any atom is 0.237 e. The summed E-state index contributed by atoms with van der Waals surface area (Å²) in [4.78, 5) is 11.7. The van der Waals surface area contributed by atoms with Crippen molar-refractivity contribution in [3.63, 3.8) is 0 Å². The standard InChI is InChI=1S/C12H22N2O/c1-12(2,3)4-5-13-11(15)10-7-8-6-9(8)14-10/h8-10,14H,4-7H2,1-3H3,(H,13,15). The fourth-order valence-electron chi connectivity index (χ4n) is 2.21. The second kappa shape index (κ2) is 3.78. The Balaban J connectivity index is 1.65. The van der Waals surface area contributed by atoms with Crippen LogP contribution < -0.4 is 10.6 Å². The number of carbonyl (C=O) groups is 1. The number of hydrogen-bond donors (Lipinski definition) is 2. The maximum atomic E-state index is 11.7. The number of rotatable bonds is 3. The monoisotopic (exact) mass is 210 g/mol. The van der Waals surface area contributed by atoms with Crippen LogP contribution >= 0.6 is 0 Å². The van der Waals surface area contributed by atoms with Crippen LogP contribution in [0.25, 0.3) is 0 Å². The largest absolute Gasteiger partial charge is 0.355 e. The molecule has 15 heavy (non-hydrogen) atoms. The molecule has 1 aliphatic heterocycles. The Hall–Kier alpha value is -0.570. The van der Waals surface area contributed by atoms with E-state index in [1.807, 2.05) is 0 Å². The van der Waals surface area contributed by atoms with E-state index in [2.05, 4.69) is 31.4 Å². The van der Waals surface area contributed by atoms with Gasteiger partial charge in [0.1, 0.15) is 0 Å². The van der Waals surface area contributed by atoms with Crippen molar-refractivity contribution < 1.29 is 4.79 Å². The Morgan fingerprint density at radius 2 is 2.13 bits per heavy atom. The zero-order valence-corrected chi connectivity index (χ0v) is 9.97. The molecule has 0 aromatic carbocycles. The maximum absolute atomic E-state index is 11.7. The van der Waals surface area contributed by atoms with E-state index in [-0.39, 0.29) is 11.9 Å². The average Bonchev–Trinajstić information content (AvgIpc) is 2.71. The summed E-state index contributed by atoms with van der Waals surface area (Å²) in [6.45, 7) is 7.39. The SMILES string of the molecule is CC(C)(C)CCNC(=O)C1CC2CC2N1. The highest BCUT2D eigenvalue weighted by Gasteiger charge is 2.47. The van der Waals surface area contributed by atoms with Gasteiger partial charge in [0.15, 0.2) is 0 Å². The molecule has 0 radical (unpaired) electrons. The Morgan fingerprint density at radius 1 is 1.40 bits per heavy atom. The van der Waals surface area contributed by atoms with E-state index in [9.17, 15) is 4.79 Å². The first-order valence-corrected chi connectivity index (χ1v) is 5.99. The summed E-state index contributed by atoms with van der Waals surface area (Å²) >= 11 is 0. The van der Waals surface area contributed by atoms with Crippen molar-refractivity contribution in [2.24, 2.45) is 11.3 Å². The first kappa shape index (κ1) is 10.9. The lowest BCUT2D eigenvalue weighted by molar-refractivity contribution is -0.123. The minimum absolute atomic E-state index is 0.0914. The number of nitrogens with one attached hydrogen (secondary N) is 2. The Bertz CT molecular complexity index is 247. The van der Waals surface area contributed by atoms with Crippen LogP contribution in [0.15, 0.2) is 0 Å². The number of fused-ring (bicyclic) bond motifs is 1. The van der Waals surface area contributed by atoms with Gasteiger partial charge in [-0.3, -0.25) is 4.79 Å². The van der Waals surface area contributed by atoms with Gasteiger partial charge in [-0.2, -0.15) is 0 Å². The topological polar surface area (TPSA) is 41.1 Å². The van der Waals surface area contributed by atoms with Crippen LogP contribution in [0, 0.1) is 11.3 Å². The third-order valence-corrected chi connectivity index (χ3v) is 3.37. The summed E-state index contributed by atoms with van der Waals surface area (Å²) in [5.41, 5.74) is 0.304. The van der Waals surface area contributed by atoms with Crippen LogP contribution in [-0.2, 0) is 4.79 Å². The van der Waals surface area contributed by atoms with Crippen molar-refractivity contribution >= 4 is 5.91 Å². The third-order valence-electron chi connectivity index (χ3n) is 3.37. The second-order valence-electron chi connectivity index (χ2n) is 6.16. The van der Waals surface area contributed by atoms with E-state index in [1.54, 1.807) is 0 Å². The lowest BCUT2D eigenvalue weighted by Crippen LogP contribution is -2.43. The van der Waals surface area contributed by atoms with E-state index >= 15 is 0 Å². The van der Waals surface area contributed by atoms with Crippen molar-refractivity contribution in [1.29, 1.82) is 0 Å². The minimum Gasteiger partial charge on any atom is -0.355 e. The number of amides is 1. The van der Waals surface area contributed by atoms with Crippen LogP contribution in [0.4, 0.5) is 0 Å². The second-order valence-corrected chi connectivity index (χ2v) is 6.16. The van der Waals surface area contributed by atoms with Crippen molar-refractivity contribution in [2.45, 2.75) is 52.1 Å². The van der Waals surface area contributed by atoms with Gasteiger partial charge in [-0.25, -0.2) is 0 Å². The number of piperidine rings is 1. The molecule has 0 spiro atoms. The molecule has 1 saturated carbocycles. The predicted molar refractivity (Wildman–Crippen MR) is 60.5 cm³/mol. The summed E-state index contributed by atoms with van der Waals surface area (Å²) in [5.74, 6) is 0.995. The summed E-state index contributed by atoms with van der Waals surface area (Å²) in [6, 6.07) is 0.747. The van der Waals surface area contributed by atoms with E-state index in [0.29, 0.717) is 11.5 Å². The molecular weight excluding hydrogens is 188 g/mol.